The quantitative estimate of drug-likeness (QED) is 0.614. The van der Waals surface area contributed by atoms with E-state index in [-0.39, 0.29) is 22.8 Å². The number of rotatable bonds is 3. The van der Waals surface area contributed by atoms with Crippen LogP contribution in [0.4, 0.5) is 23.2 Å². The van der Waals surface area contributed by atoms with Gasteiger partial charge in [-0.3, -0.25) is 9.78 Å². The van der Waals surface area contributed by atoms with Gasteiger partial charge in [0.1, 0.15) is 5.82 Å². The van der Waals surface area contributed by atoms with Crippen molar-refractivity contribution in [2.75, 3.05) is 5.32 Å². The minimum absolute atomic E-state index is 0.0156. The van der Waals surface area contributed by atoms with Crippen LogP contribution < -0.4 is 5.32 Å². The van der Waals surface area contributed by atoms with E-state index >= 15 is 0 Å². The lowest BCUT2D eigenvalue weighted by molar-refractivity contribution is -0.0790. The number of carbonyl (C=O) groups is 1. The Morgan fingerprint density at radius 1 is 1.15 bits per heavy atom. The van der Waals surface area contributed by atoms with Crippen LogP contribution >= 0.6 is 0 Å². The number of benzene rings is 2. The van der Waals surface area contributed by atoms with Gasteiger partial charge in [-0.2, -0.15) is 13.2 Å². The van der Waals surface area contributed by atoms with Gasteiger partial charge in [-0.25, -0.2) is 4.39 Å². The van der Waals surface area contributed by atoms with Crippen molar-refractivity contribution >= 4 is 28.6 Å². The van der Waals surface area contributed by atoms with Crippen molar-refractivity contribution in [3.8, 4) is 0 Å². The Morgan fingerprint density at radius 3 is 2.59 bits per heavy atom. The number of nitrogens with one attached hydrogen (secondary N) is 1. The molecule has 0 atom stereocenters. The second-order valence-electron chi connectivity index (χ2n) is 5.94. The second-order valence-corrected chi connectivity index (χ2v) is 5.94. The molecular formula is C20H14F4N2O. The van der Waals surface area contributed by atoms with E-state index in [0.717, 1.165) is 23.0 Å². The Bertz CT molecular complexity index is 1020. The zero-order chi connectivity index (χ0) is 19.6. The van der Waals surface area contributed by atoms with Crippen LogP contribution in [0.25, 0.3) is 17.0 Å². The number of halogens is 4. The van der Waals surface area contributed by atoms with Gasteiger partial charge in [0.2, 0.25) is 0 Å². The minimum Gasteiger partial charge on any atom is -0.320 e. The molecule has 1 heterocycles. The molecule has 0 radical (unpaired) electrons. The maximum absolute atomic E-state index is 14.3. The van der Waals surface area contributed by atoms with E-state index in [1.54, 1.807) is 6.07 Å². The Kier molecular flexibility index (Phi) is 4.94. The molecule has 0 saturated carbocycles. The molecule has 0 bridgehead atoms. The summed E-state index contributed by atoms with van der Waals surface area (Å²) in [7, 11) is 0. The van der Waals surface area contributed by atoms with E-state index in [1.807, 2.05) is 24.3 Å². The van der Waals surface area contributed by atoms with Crippen LogP contribution in [0.3, 0.4) is 0 Å². The predicted octanol–water partition coefficient (Wildman–Crippen LogP) is 5.51. The van der Waals surface area contributed by atoms with Gasteiger partial charge in [0.25, 0.3) is 5.91 Å². The van der Waals surface area contributed by atoms with E-state index in [0.29, 0.717) is 5.69 Å². The molecule has 3 nitrogen and oxygen atoms in total. The Balaban J connectivity index is 1.86. The van der Waals surface area contributed by atoms with Crippen molar-refractivity contribution in [1.82, 2.24) is 4.98 Å². The first kappa shape index (κ1) is 18.6. The number of anilines is 1. The molecule has 0 spiro atoms. The highest BCUT2D eigenvalue weighted by Crippen LogP contribution is 2.23. The molecule has 0 aliphatic rings. The summed E-state index contributed by atoms with van der Waals surface area (Å²) in [5.41, 5.74) is 1.15. The highest BCUT2D eigenvalue weighted by atomic mass is 19.4. The Labute approximate surface area is 152 Å². The minimum atomic E-state index is -4.50. The average molecular weight is 374 g/mol. The number of aromatic nitrogens is 1. The summed E-state index contributed by atoms with van der Waals surface area (Å²) in [5.74, 6) is -1.60. The fraction of sp³-hybridized carbons (Fsp3) is 0.100. The van der Waals surface area contributed by atoms with Crippen molar-refractivity contribution in [2.45, 2.75) is 13.1 Å². The Hall–Kier alpha value is -3.22. The number of aryl methyl sites for hydroxylation is 1. The van der Waals surface area contributed by atoms with Crippen LogP contribution in [0.5, 0.6) is 0 Å². The SMILES string of the molecule is Cc1cc(C=CC(F)(F)F)cc(F)c1C(=O)Nc1cnc2ccccc2c1. The fourth-order valence-electron chi connectivity index (χ4n) is 2.68. The molecule has 3 rings (SSSR count). The van der Waals surface area contributed by atoms with Gasteiger partial charge in [-0.1, -0.05) is 24.3 Å². The number of hydrogen-bond acceptors (Lipinski definition) is 2. The lowest BCUT2D eigenvalue weighted by atomic mass is 10.0. The zero-order valence-electron chi connectivity index (χ0n) is 14.1. The number of para-hydroxylation sites is 1. The van der Waals surface area contributed by atoms with Gasteiger partial charge in [0.15, 0.2) is 0 Å². The maximum atomic E-state index is 14.3. The first-order valence-electron chi connectivity index (χ1n) is 7.95. The van der Waals surface area contributed by atoms with E-state index in [2.05, 4.69) is 10.3 Å². The zero-order valence-corrected chi connectivity index (χ0v) is 14.1. The van der Waals surface area contributed by atoms with Crippen LogP contribution in [-0.4, -0.2) is 17.1 Å². The number of allylic oxidation sites excluding steroid dienone is 1. The van der Waals surface area contributed by atoms with Gasteiger partial charge < -0.3 is 5.32 Å². The summed E-state index contributed by atoms with van der Waals surface area (Å²) < 4.78 is 51.1. The third-order valence-corrected chi connectivity index (χ3v) is 3.85. The molecule has 3 aromatic rings. The van der Waals surface area contributed by atoms with E-state index in [1.165, 1.54) is 19.2 Å². The summed E-state index contributed by atoms with van der Waals surface area (Å²) in [6.45, 7) is 1.46. The summed E-state index contributed by atoms with van der Waals surface area (Å²) >= 11 is 0. The van der Waals surface area contributed by atoms with E-state index in [9.17, 15) is 22.4 Å². The predicted molar refractivity (Wildman–Crippen MR) is 95.9 cm³/mol. The monoisotopic (exact) mass is 374 g/mol. The molecular weight excluding hydrogens is 360 g/mol. The van der Waals surface area contributed by atoms with Crippen LogP contribution in [0.1, 0.15) is 21.5 Å². The third kappa shape index (κ3) is 4.49. The first-order chi connectivity index (χ1) is 12.7. The molecule has 138 valence electrons. The van der Waals surface area contributed by atoms with Crippen LogP contribution in [0.2, 0.25) is 0 Å². The van der Waals surface area contributed by atoms with Gasteiger partial charge in [-0.05, 0) is 42.3 Å². The van der Waals surface area contributed by atoms with Crippen LogP contribution in [-0.2, 0) is 0 Å². The van der Waals surface area contributed by atoms with Gasteiger partial charge in [0, 0.05) is 11.5 Å². The number of amides is 1. The summed E-state index contributed by atoms with van der Waals surface area (Å²) in [5, 5.41) is 3.37. The Morgan fingerprint density at radius 2 is 1.89 bits per heavy atom. The van der Waals surface area contributed by atoms with Crippen molar-refractivity contribution in [2.24, 2.45) is 0 Å². The van der Waals surface area contributed by atoms with Gasteiger partial charge in [-0.15, -0.1) is 0 Å². The molecule has 1 N–H and O–H groups in total. The molecule has 0 aliphatic heterocycles. The number of alkyl halides is 3. The molecule has 1 amide bonds. The average Bonchev–Trinajstić information content (AvgIpc) is 2.58. The molecule has 0 unspecified atom stereocenters. The second kappa shape index (κ2) is 7.19. The van der Waals surface area contributed by atoms with E-state index in [4.69, 9.17) is 0 Å². The highest BCUT2D eigenvalue weighted by Gasteiger charge is 2.22. The number of hydrogen-bond donors (Lipinski definition) is 1. The lowest BCUT2D eigenvalue weighted by Crippen LogP contribution is -2.16. The third-order valence-electron chi connectivity index (χ3n) is 3.85. The van der Waals surface area contributed by atoms with Crippen molar-refractivity contribution < 1.29 is 22.4 Å². The molecule has 0 aliphatic carbocycles. The smallest absolute Gasteiger partial charge is 0.320 e. The summed E-state index contributed by atoms with van der Waals surface area (Å²) in [6, 6.07) is 11.2. The molecule has 27 heavy (non-hydrogen) atoms. The van der Waals surface area contributed by atoms with Gasteiger partial charge >= 0.3 is 6.18 Å². The standard InChI is InChI=1S/C20H14F4N2O/c1-12-8-13(6-7-20(22,23)24)9-16(21)18(12)19(27)26-15-10-14-4-2-3-5-17(14)25-11-15/h2-11H,1H3,(H,26,27). The van der Waals surface area contributed by atoms with Crippen molar-refractivity contribution in [3.63, 3.8) is 0 Å². The normalized spacial score (nSPS) is 11.9. The number of nitrogens with zero attached hydrogens (tertiary/aromatic N) is 1. The van der Waals surface area contributed by atoms with Gasteiger partial charge in [0.05, 0.1) is 23.0 Å². The number of fused-ring (bicyclic) bond motifs is 1. The summed E-state index contributed by atoms with van der Waals surface area (Å²) in [4.78, 5) is 16.7. The topological polar surface area (TPSA) is 42.0 Å². The molecule has 7 heteroatoms. The largest absolute Gasteiger partial charge is 0.409 e. The molecule has 1 aromatic heterocycles. The lowest BCUT2D eigenvalue weighted by Gasteiger charge is -2.10. The van der Waals surface area contributed by atoms with Crippen LogP contribution in [0.15, 0.2) is 54.7 Å². The molecule has 2 aromatic carbocycles. The first-order valence-corrected chi connectivity index (χ1v) is 7.95. The van der Waals surface area contributed by atoms with E-state index < -0.39 is 17.9 Å². The molecule has 0 fully saturated rings. The summed E-state index contributed by atoms with van der Waals surface area (Å²) in [6.07, 6.45) is -2.27. The van der Waals surface area contributed by atoms with Crippen LogP contribution in [0, 0.1) is 12.7 Å². The number of carbonyl (C=O) groups excluding carboxylic acids is 1. The number of pyridine rings is 1. The van der Waals surface area contributed by atoms with Crippen molar-refractivity contribution in [3.05, 3.63) is 77.2 Å². The fourth-order valence-corrected chi connectivity index (χ4v) is 2.68. The highest BCUT2D eigenvalue weighted by molar-refractivity contribution is 6.06. The molecule has 0 saturated heterocycles. The van der Waals surface area contributed by atoms with Crippen molar-refractivity contribution in [1.29, 1.82) is 0 Å². The maximum Gasteiger partial charge on any atom is 0.409 e.